The number of benzene rings is 2. The molecule has 0 unspecified atom stereocenters. The lowest BCUT2D eigenvalue weighted by Gasteiger charge is -2.04. The Morgan fingerprint density at radius 2 is 1.50 bits per heavy atom. The number of nitrogens with two attached hydrogens (primary N) is 1. The summed E-state index contributed by atoms with van der Waals surface area (Å²) in [4.78, 5) is 20.5. The molecule has 2 heterocycles. The molecule has 0 spiro atoms. The molecule has 2 aliphatic heterocycles. The zero-order valence-electron chi connectivity index (χ0n) is 14.4. The highest BCUT2D eigenvalue weighted by Gasteiger charge is 2.18. The van der Waals surface area contributed by atoms with E-state index in [1.165, 1.54) is 22.9 Å². The largest absolute Gasteiger partial charge is 0.398 e. The average molecular weight is 387 g/mol. The molecule has 0 atom stereocenters. The highest BCUT2D eigenvalue weighted by Crippen LogP contribution is 2.32. The van der Waals surface area contributed by atoms with E-state index < -0.39 is 0 Å². The fraction of sp³-hybridized carbons (Fsp3) is 0.222. The fourth-order valence-corrected chi connectivity index (χ4v) is 3.92. The summed E-state index contributed by atoms with van der Waals surface area (Å²) in [7, 11) is 0. The van der Waals surface area contributed by atoms with Crippen molar-refractivity contribution in [2.75, 3.05) is 18.2 Å². The van der Waals surface area contributed by atoms with E-state index in [9.17, 15) is 10.1 Å². The summed E-state index contributed by atoms with van der Waals surface area (Å²) in [5, 5.41) is 10.7. The van der Waals surface area contributed by atoms with E-state index in [-0.39, 0.29) is 10.6 Å². The molecule has 0 amide bonds. The van der Waals surface area contributed by atoms with Gasteiger partial charge in [0.2, 0.25) is 0 Å². The van der Waals surface area contributed by atoms with Gasteiger partial charge in [0.05, 0.1) is 22.9 Å². The van der Waals surface area contributed by atoms with Gasteiger partial charge >= 0.3 is 0 Å². The lowest BCUT2D eigenvalue weighted by atomic mass is 10.1. The van der Waals surface area contributed by atoms with Gasteiger partial charge in [-0.3, -0.25) is 20.1 Å². The van der Waals surface area contributed by atoms with Crippen molar-refractivity contribution in [3.63, 3.8) is 0 Å². The summed E-state index contributed by atoms with van der Waals surface area (Å²) in [6, 6.07) is 7.57. The summed E-state index contributed by atoms with van der Waals surface area (Å²) in [6.45, 7) is 1.45. The van der Waals surface area contributed by atoms with E-state index in [0.717, 1.165) is 28.3 Å². The maximum atomic E-state index is 10.7. The molecule has 2 aromatic carbocycles. The first-order valence-corrected chi connectivity index (χ1v) is 10.3. The number of aliphatic imine (C=N–C) groups is 2. The Balaban J connectivity index is 0.000000152. The highest BCUT2D eigenvalue weighted by atomic mass is 32.2. The van der Waals surface area contributed by atoms with Crippen LogP contribution in [-0.4, -0.2) is 29.9 Å². The second-order valence-corrected chi connectivity index (χ2v) is 7.41. The van der Waals surface area contributed by atoms with Gasteiger partial charge in [-0.05, 0) is 47.4 Å². The van der Waals surface area contributed by atoms with Crippen molar-refractivity contribution in [1.82, 2.24) is 0 Å². The van der Waals surface area contributed by atoms with Crippen LogP contribution in [0.1, 0.15) is 22.3 Å². The number of thioether (sulfide) groups is 2. The summed E-state index contributed by atoms with van der Waals surface area (Å²) in [5.74, 6) is 0. The Labute approximate surface area is 160 Å². The number of hydrogen-bond donors (Lipinski definition) is 1. The number of hydrogen-bond acceptors (Lipinski definition) is 7. The Morgan fingerprint density at radius 1 is 0.962 bits per heavy atom. The predicted molar refractivity (Wildman–Crippen MR) is 110 cm³/mol. The van der Waals surface area contributed by atoms with Gasteiger partial charge in [-0.15, -0.1) is 23.5 Å². The Hall–Kier alpha value is -2.32. The minimum atomic E-state index is -0.349. The minimum absolute atomic E-state index is 0.171. The van der Waals surface area contributed by atoms with Gasteiger partial charge in [0.25, 0.3) is 5.69 Å². The molecular weight excluding hydrogens is 368 g/mol. The van der Waals surface area contributed by atoms with Gasteiger partial charge in [0, 0.05) is 34.6 Å². The second-order valence-electron chi connectivity index (χ2n) is 5.71. The van der Waals surface area contributed by atoms with Crippen LogP contribution >= 0.6 is 23.5 Å². The van der Waals surface area contributed by atoms with Crippen LogP contribution in [0.3, 0.4) is 0 Å². The molecule has 0 bridgehead atoms. The standard InChI is InChI=1S/C9H8N2O2S.C9H10N2S/c1-14-9-3-7-5-10-4-6(7)2-8(9)11(12)13;1-12-9-3-7-5-11-4-6(7)2-8(9)10/h2-4H,5H2,1H3;2-4H,5,10H2,1H3. The normalized spacial score (nSPS) is 13.2. The molecule has 6 nitrogen and oxygen atoms in total. The van der Waals surface area contributed by atoms with Crippen LogP contribution in [0.5, 0.6) is 0 Å². The monoisotopic (exact) mass is 386 g/mol. The van der Waals surface area contributed by atoms with Crippen molar-refractivity contribution in [2.24, 2.45) is 9.98 Å². The number of rotatable bonds is 3. The highest BCUT2D eigenvalue weighted by molar-refractivity contribution is 7.99. The average Bonchev–Trinajstić information content (AvgIpc) is 3.28. The molecule has 0 radical (unpaired) electrons. The van der Waals surface area contributed by atoms with Crippen LogP contribution in [0.15, 0.2) is 44.0 Å². The zero-order valence-corrected chi connectivity index (χ0v) is 16.1. The third-order valence-electron chi connectivity index (χ3n) is 4.11. The molecule has 4 rings (SSSR count). The topological polar surface area (TPSA) is 93.9 Å². The van der Waals surface area contributed by atoms with E-state index in [1.807, 2.05) is 30.9 Å². The van der Waals surface area contributed by atoms with E-state index in [2.05, 4.69) is 16.1 Å². The molecule has 0 saturated carbocycles. The summed E-state index contributed by atoms with van der Waals surface area (Å²) in [5.41, 5.74) is 11.2. The summed E-state index contributed by atoms with van der Waals surface area (Å²) < 4.78 is 0. The van der Waals surface area contributed by atoms with Crippen molar-refractivity contribution >= 4 is 47.3 Å². The van der Waals surface area contributed by atoms with Crippen LogP contribution in [0.25, 0.3) is 0 Å². The first kappa shape index (κ1) is 18.5. The Kier molecular flexibility index (Phi) is 5.63. The number of nitro benzene ring substituents is 1. The van der Waals surface area contributed by atoms with E-state index in [4.69, 9.17) is 5.73 Å². The van der Waals surface area contributed by atoms with Crippen molar-refractivity contribution in [3.8, 4) is 0 Å². The van der Waals surface area contributed by atoms with Gasteiger partial charge in [0.1, 0.15) is 0 Å². The molecular formula is C18H18N4O2S2. The number of nitrogens with zero attached hydrogens (tertiary/aromatic N) is 3. The zero-order chi connectivity index (χ0) is 18.7. The van der Waals surface area contributed by atoms with E-state index in [1.54, 1.807) is 24.0 Å². The maximum Gasteiger partial charge on any atom is 0.283 e. The van der Waals surface area contributed by atoms with Crippen LogP contribution in [0.2, 0.25) is 0 Å². The fourth-order valence-electron chi connectivity index (χ4n) is 2.76. The first-order valence-electron chi connectivity index (χ1n) is 7.84. The van der Waals surface area contributed by atoms with E-state index in [0.29, 0.717) is 11.4 Å². The molecule has 2 N–H and O–H groups in total. The molecule has 0 fully saturated rings. The number of fused-ring (bicyclic) bond motifs is 2. The van der Waals surface area contributed by atoms with Gasteiger partial charge < -0.3 is 5.73 Å². The predicted octanol–water partition coefficient (Wildman–Crippen LogP) is 4.17. The third-order valence-corrected chi connectivity index (χ3v) is 5.67. The van der Waals surface area contributed by atoms with E-state index >= 15 is 0 Å². The molecule has 8 heteroatoms. The molecule has 134 valence electrons. The molecule has 0 aliphatic carbocycles. The second kappa shape index (κ2) is 7.92. The van der Waals surface area contributed by atoms with Crippen LogP contribution in [0.4, 0.5) is 11.4 Å². The minimum Gasteiger partial charge on any atom is -0.398 e. The van der Waals surface area contributed by atoms with Crippen LogP contribution in [-0.2, 0) is 13.1 Å². The van der Waals surface area contributed by atoms with Crippen molar-refractivity contribution in [3.05, 3.63) is 56.6 Å². The van der Waals surface area contributed by atoms with Gasteiger partial charge in [-0.25, -0.2) is 0 Å². The number of anilines is 1. The van der Waals surface area contributed by atoms with Crippen molar-refractivity contribution < 1.29 is 4.92 Å². The SMILES string of the molecule is CSc1cc2c(cc1N)C=NC2.CSc1cc2c(cc1[N+](=O)[O-])C=NC2. The van der Waals surface area contributed by atoms with Crippen LogP contribution < -0.4 is 5.73 Å². The van der Waals surface area contributed by atoms with Gasteiger partial charge in [-0.2, -0.15) is 0 Å². The van der Waals surface area contributed by atoms with Crippen molar-refractivity contribution in [1.29, 1.82) is 0 Å². The summed E-state index contributed by atoms with van der Waals surface area (Å²) >= 11 is 3.07. The lowest BCUT2D eigenvalue weighted by Crippen LogP contribution is -1.94. The van der Waals surface area contributed by atoms with Crippen LogP contribution in [0, 0.1) is 10.1 Å². The smallest absolute Gasteiger partial charge is 0.283 e. The Morgan fingerprint density at radius 3 is 2.04 bits per heavy atom. The first-order chi connectivity index (χ1) is 12.5. The molecule has 2 aliphatic rings. The van der Waals surface area contributed by atoms with Crippen molar-refractivity contribution in [2.45, 2.75) is 22.9 Å². The molecule has 26 heavy (non-hydrogen) atoms. The molecule has 0 saturated heterocycles. The quantitative estimate of drug-likeness (QED) is 0.370. The lowest BCUT2D eigenvalue weighted by molar-refractivity contribution is -0.387. The maximum absolute atomic E-state index is 10.7. The van der Waals surface area contributed by atoms with Gasteiger partial charge in [-0.1, -0.05) is 0 Å². The molecule has 0 aromatic heterocycles. The van der Waals surface area contributed by atoms with Gasteiger partial charge in [0.15, 0.2) is 0 Å². The third kappa shape index (κ3) is 3.76. The number of nitrogen functional groups attached to an aromatic ring is 1. The Bertz CT molecular complexity index is 925. The summed E-state index contributed by atoms with van der Waals surface area (Å²) in [6.07, 6.45) is 7.45. The molecule has 2 aromatic rings. The number of nitro groups is 1.